The first kappa shape index (κ1) is 13.6. The minimum Gasteiger partial charge on any atom is -0.444 e. The Morgan fingerprint density at radius 3 is 2.83 bits per heavy atom. The van der Waals surface area contributed by atoms with Crippen LogP contribution in [0.4, 0.5) is 4.79 Å². The van der Waals surface area contributed by atoms with Gasteiger partial charge in [-0.2, -0.15) is 0 Å². The Kier molecular flexibility index (Phi) is 3.56. The molecule has 2 aliphatic heterocycles. The molecule has 5 nitrogen and oxygen atoms in total. The predicted octanol–water partition coefficient (Wildman–Crippen LogP) is 1.36. The minimum absolute atomic E-state index is 0.112. The van der Waals surface area contributed by atoms with E-state index < -0.39 is 5.60 Å². The molecule has 1 amide bonds. The van der Waals surface area contributed by atoms with Crippen LogP contribution in [-0.2, 0) is 9.47 Å². The summed E-state index contributed by atoms with van der Waals surface area (Å²) in [4.78, 5) is 13.8. The van der Waals surface area contributed by atoms with Gasteiger partial charge in [0.25, 0.3) is 0 Å². The summed E-state index contributed by atoms with van der Waals surface area (Å²) >= 11 is 0. The lowest BCUT2D eigenvalue weighted by Gasteiger charge is -2.26. The summed E-state index contributed by atoms with van der Waals surface area (Å²) in [6.45, 7) is 8.44. The maximum absolute atomic E-state index is 12.0. The van der Waals surface area contributed by atoms with Crippen molar-refractivity contribution in [2.45, 2.75) is 45.3 Å². The quantitative estimate of drug-likeness (QED) is 0.769. The average molecular weight is 256 g/mol. The van der Waals surface area contributed by atoms with Gasteiger partial charge in [-0.25, -0.2) is 4.79 Å². The third-order valence-corrected chi connectivity index (χ3v) is 3.64. The third kappa shape index (κ3) is 2.95. The number of ether oxygens (including phenoxy) is 2. The molecule has 18 heavy (non-hydrogen) atoms. The fraction of sp³-hybridized carbons (Fsp3) is 0.923. The summed E-state index contributed by atoms with van der Waals surface area (Å²) in [6, 6.07) is 0. The lowest BCUT2D eigenvalue weighted by Crippen LogP contribution is -2.37. The van der Waals surface area contributed by atoms with Gasteiger partial charge in [0.15, 0.2) is 0 Å². The van der Waals surface area contributed by atoms with Crippen LogP contribution >= 0.6 is 0 Å². The van der Waals surface area contributed by atoms with Crippen molar-refractivity contribution in [3.63, 3.8) is 0 Å². The Morgan fingerprint density at radius 2 is 2.28 bits per heavy atom. The SMILES string of the molecule is CC(C)(C)OC(=O)N1CCC2(COC(CN)C2)C1. The highest BCUT2D eigenvalue weighted by molar-refractivity contribution is 5.68. The lowest BCUT2D eigenvalue weighted by atomic mass is 9.85. The largest absolute Gasteiger partial charge is 0.444 e. The zero-order valence-corrected chi connectivity index (χ0v) is 11.6. The van der Waals surface area contributed by atoms with Gasteiger partial charge in [0, 0.05) is 25.0 Å². The summed E-state index contributed by atoms with van der Waals surface area (Å²) in [7, 11) is 0. The van der Waals surface area contributed by atoms with Gasteiger partial charge in [-0.3, -0.25) is 0 Å². The number of likely N-dealkylation sites (tertiary alicyclic amines) is 1. The number of rotatable bonds is 1. The van der Waals surface area contributed by atoms with Gasteiger partial charge in [-0.05, 0) is 33.6 Å². The molecule has 0 radical (unpaired) electrons. The van der Waals surface area contributed by atoms with Crippen molar-refractivity contribution in [2.75, 3.05) is 26.2 Å². The Morgan fingerprint density at radius 1 is 1.56 bits per heavy atom. The molecule has 2 fully saturated rings. The number of hydrogen-bond acceptors (Lipinski definition) is 4. The maximum Gasteiger partial charge on any atom is 0.410 e. The summed E-state index contributed by atoms with van der Waals surface area (Å²) in [5.74, 6) is 0. The summed E-state index contributed by atoms with van der Waals surface area (Å²) in [6.07, 6.45) is 1.89. The summed E-state index contributed by atoms with van der Waals surface area (Å²) < 4.78 is 11.1. The van der Waals surface area contributed by atoms with Crippen LogP contribution in [-0.4, -0.2) is 48.9 Å². The lowest BCUT2D eigenvalue weighted by molar-refractivity contribution is 0.0268. The third-order valence-electron chi connectivity index (χ3n) is 3.64. The first-order chi connectivity index (χ1) is 8.34. The minimum atomic E-state index is -0.432. The molecular weight excluding hydrogens is 232 g/mol. The molecule has 0 aromatic rings. The standard InChI is InChI=1S/C13H24N2O3/c1-12(2,3)18-11(16)15-5-4-13(8-15)6-10(7-14)17-9-13/h10H,4-9,14H2,1-3H3. The van der Waals surface area contributed by atoms with Crippen molar-refractivity contribution in [3.05, 3.63) is 0 Å². The van der Waals surface area contributed by atoms with E-state index in [0.717, 1.165) is 25.9 Å². The van der Waals surface area contributed by atoms with Gasteiger partial charge < -0.3 is 20.1 Å². The van der Waals surface area contributed by atoms with E-state index >= 15 is 0 Å². The normalized spacial score (nSPS) is 32.2. The Hall–Kier alpha value is -0.810. The molecule has 5 heteroatoms. The Balaban J connectivity index is 1.91. The van der Waals surface area contributed by atoms with Crippen molar-refractivity contribution in [2.24, 2.45) is 11.1 Å². The van der Waals surface area contributed by atoms with Gasteiger partial charge in [-0.1, -0.05) is 0 Å². The second-order valence-corrected chi connectivity index (χ2v) is 6.52. The van der Waals surface area contributed by atoms with Crippen LogP contribution in [0.2, 0.25) is 0 Å². The molecule has 1 spiro atoms. The number of nitrogens with zero attached hydrogens (tertiary/aromatic N) is 1. The van der Waals surface area contributed by atoms with Crippen LogP contribution in [0.1, 0.15) is 33.6 Å². The summed E-state index contributed by atoms with van der Waals surface area (Å²) in [5, 5.41) is 0. The second-order valence-electron chi connectivity index (χ2n) is 6.52. The molecule has 2 N–H and O–H groups in total. The molecule has 2 unspecified atom stereocenters. The molecule has 2 heterocycles. The Labute approximate surface area is 109 Å². The first-order valence-corrected chi connectivity index (χ1v) is 6.63. The fourth-order valence-corrected chi connectivity index (χ4v) is 2.75. The van der Waals surface area contributed by atoms with Gasteiger partial charge in [-0.15, -0.1) is 0 Å². The first-order valence-electron chi connectivity index (χ1n) is 6.63. The van der Waals surface area contributed by atoms with Gasteiger partial charge in [0.2, 0.25) is 0 Å². The molecule has 2 atom stereocenters. The van der Waals surface area contributed by atoms with Crippen LogP contribution in [0, 0.1) is 5.41 Å². The monoisotopic (exact) mass is 256 g/mol. The Bertz CT molecular complexity index is 327. The van der Waals surface area contributed by atoms with Crippen LogP contribution in [0.3, 0.4) is 0 Å². The smallest absolute Gasteiger partial charge is 0.410 e. The van der Waals surface area contributed by atoms with Gasteiger partial charge in [0.1, 0.15) is 5.60 Å². The van der Waals surface area contributed by atoms with Gasteiger partial charge in [0.05, 0.1) is 12.7 Å². The van der Waals surface area contributed by atoms with E-state index in [2.05, 4.69) is 0 Å². The predicted molar refractivity (Wildman–Crippen MR) is 68.3 cm³/mol. The number of carbonyl (C=O) groups excluding carboxylic acids is 1. The van der Waals surface area contributed by atoms with Crippen molar-refractivity contribution in [3.8, 4) is 0 Å². The van der Waals surface area contributed by atoms with Crippen LogP contribution in [0.25, 0.3) is 0 Å². The average Bonchev–Trinajstić information content (AvgIpc) is 2.84. The summed E-state index contributed by atoms with van der Waals surface area (Å²) in [5.41, 5.74) is 5.31. The van der Waals surface area contributed by atoms with E-state index in [-0.39, 0.29) is 17.6 Å². The molecule has 2 rings (SSSR count). The van der Waals surface area contributed by atoms with Crippen molar-refractivity contribution in [1.82, 2.24) is 4.90 Å². The number of carbonyl (C=O) groups is 1. The van der Waals surface area contributed by atoms with Crippen LogP contribution in [0.5, 0.6) is 0 Å². The molecule has 104 valence electrons. The maximum atomic E-state index is 12.0. The van der Waals surface area contributed by atoms with E-state index in [1.807, 2.05) is 20.8 Å². The molecule has 0 saturated carbocycles. The highest BCUT2D eigenvalue weighted by Gasteiger charge is 2.46. The number of nitrogens with two attached hydrogens (primary N) is 1. The van der Waals surface area contributed by atoms with E-state index in [4.69, 9.17) is 15.2 Å². The van der Waals surface area contributed by atoms with Crippen LogP contribution in [0.15, 0.2) is 0 Å². The highest BCUT2D eigenvalue weighted by atomic mass is 16.6. The van der Waals surface area contributed by atoms with Crippen molar-refractivity contribution >= 4 is 6.09 Å². The van der Waals surface area contributed by atoms with E-state index in [1.165, 1.54) is 0 Å². The van der Waals surface area contributed by atoms with Gasteiger partial charge >= 0.3 is 6.09 Å². The number of hydrogen-bond donors (Lipinski definition) is 1. The van der Waals surface area contributed by atoms with Crippen molar-refractivity contribution < 1.29 is 14.3 Å². The van der Waals surface area contributed by atoms with Crippen LogP contribution < -0.4 is 5.73 Å². The molecule has 2 aliphatic rings. The second kappa shape index (κ2) is 4.70. The molecule has 0 aromatic carbocycles. The van der Waals surface area contributed by atoms with E-state index in [0.29, 0.717) is 13.2 Å². The fourth-order valence-electron chi connectivity index (χ4n) is 2.75. The highest BCUT2D eigenvalue weighted by Crippen LogP contribution is 2.41. The van der Waals surface area contributed by atoms with E-state index in [9.17, 15) is 4.79 Å². The van der Waals surface area contributed by atoms with Crippen molar-refractivity contribution in [1.29, 1.82) is 0 Å². The zero-order valence-electron chi connectivity index (χ0n) is 11.6. The van der Waals surface area contributed by atoms with E-state index in [1.54, 1.807) is 4.90 Å². The zero-order chi connectivity index (χ0) is 13.4. The molecular formula is C13H24N2O3. The molecule has 0 aromatic heterocycles. The molecule has 0 aliphatic carbocycles. The molecule has 0 bridgehead atoms. The molecule has 2 saturated heterocycles. The topological polar surface area (TPSA) is 64.8 Å². The number of amides is 1.